The van der Waals surface area contributed by atoms with E-state index in [4.69, 9.17) is 0 Å². The number of hydrogen-bond acceptors (Lipinski definition) is 1. The molecule has 0 atom stereocenters. The SMILES string of the molecule is CCCCCCCCCC[N+](C)(C)CCCCCCCCCC.N.[Cl-]. The molecule has 0 aromatic carbocycles. The Balaban J connectivity index is -0.00000242. The lowest BCUT2D eigenvalue weighted by Gasteiger charge is -2.30. The first-order chi connectivity index (χ1) is 11.1. The van der Waals surface area contributed by atoms with Crippen LogP contribution in [0, 0.1) is 0 Å². The Bertz CT molecular complexity index is 210. The molecule has 0 heterocycles. The Kier molecular flexibility index (Phi) is 26.7. The molecule has 156 valence electrons. The van der Waals surface area contributed by atoms with Crippen LogP contribution in [0.15, 0.2) is 0 Å². The molecule has 0 saturated heterocycles. The first-order valence-corrected chi connectivity index (χ1v) is 10.9. The maximum atomic E-state index is 2.43. The minimum atomic E-state index is 0. The molecular formula is C22H51ClN2. The highest BCUT2D eigenvalue weighted by Crippen LogP contribution is 2.13. The summed E-state index contributed by atoms with van der Waals surface area (Å²) in [6.07, 6.45) is 23.0. The first kappa shape index (κ1) is 30.0. The van der Waals surface area contributed by atoms with E-state index in [9.17, 15) is 0 Å². The van der Waals surface area contributed by atoms with Crippen molar-refractivity contribution >= 4 is 0 Å². The Hall–Kier alpha value is 0.210. The van der Waals surface area contributed by atoms with E-state index < -0.39 is 0 Å². The van der Waals surface area contributed by atoms with Crippen LogP contribution in [0.2, 0.25) is 0 Å². The van der Waals surface area contributed by atoms with Crippen molar-refractivity contribution in [3.8, 4) is 0 Å². The van der Waals surface area contributed by atoms with E-state index in [2.05, 4.69) is 27.9 Å². The van der Waals surface area contributed by atoms with Gasteiger partial charge in [-0.1, -0.05) is 90.9 Å². The van der Waals surface area contributed by atoms with Gasteiger partial charge in [0.15, 0.2) is 0 Å². The second kappa shape index (κ2) is 22.3. The summed E-state index contributed by atoms with van der Waals surface area (Å²) < 4.78 is 1.24. The summed E-state index contributed by atoms with van der Waals surface area (Å²) in [6.45, 7) is 7.36. The molecule has 0 aromatic rings. The summed E-state index contributed by atoms with van der Waals surface area (Å²) in [5.74, 6) is 0. The molecule has 0 radical (unpaired) electrons. The molecule has 0 saturated carbocycles. The van der Waals surface area contributed by atoms with Crippen LogP contribution < -0.4 is 18.6 Å². The zero-order valence-corrected chi connectivity index (χ0v) is 19.0. The summed E-state index contributed by atoms with van der Waals surface area (Å²) in [5.41, 5.74) is 0. The average molecular weight is 379 g/mol. The van der Waals surface area contributed by atoms with Crippen LogP contribution in [0.1, 0.15) is 117 Å². The normalized spacial score (nSPS) is 11.0. The highest BCUT2D eigenvalue weighted by atomic mass is 35.5. The number of quaternary nitrogens is 1. The summed E-state index contributed by atoms with van der Waals surface area (Å²) in [7, 11) is 4.87. The van der Waals surface area contributed by atoms with Crippen LogP contribution in [0.5, 0.6) is 0 Å². The quantitative estimate of drug-likeness (QED) is 0.276. The lowest BCUT2D eigenvalue weighted by Crippen LogP contribution is -3.00. The minimum absolute atomic E-state index is 0. The van der Waals surface area contributed by atoms with Crippen LogP contribution in [0.4, 0.5) is 0 Å². The Morgan fingerprint density at radius 1 is 0.440 bits per heavy atom. The standard InChI is InChI=1S/C22H48N.ClH.H3N/c1-5-7-9-11-13-15-17-19-21-23(3,4)22-20-18-16-14-12-10-8-6-2;;/h5-22H2,1-4H3;1H;1H3/q+1;;/p-1. The van der Waals surface area contributed by atoms with Crippen LogP contribution in [-0.2, 0) is 0 Å². The molecule has 25 heavy (non-hydrogen) atoms. The molecule has 0 amide bonds. The molecule has 0 bridgehead atoms. The van der Waals surface area contributed by atoms with Crippen LogP contribution in [0.3, 0.4) is 0 Å². The molecule has 0 fully saturated rings. The molecule has 0 aliphatic heterocycles. The van der Waals surface area contributed by atoms with Crippen LogP contribution >= 0.6 is 0 Å². The molecule has 3 N–H and O–H groups in total. The van der Waals surface area contributed by atoms with Crippen LogP contribution in [-0.4, -0.2) is 31.7 Å². The van der Waals surface area contributed by atoms with Gasteiger partial charge in [-0.05, 0) is 25.7 Å². The summed E-state index contributed by atoms with van der Waals surface area (Å²) in [5, 5.41) is 0. The van der Waals surface area contributed by atoms with Gasteiger partial charge in [0, 0.05) is 0 Å². The maximum Gasteiger partial charge on any atom is 0.0782 e. The van der Waals surface area contributed by atoms with Gasteiger partial charge in [-0.3, -0.25) is 0 Å². The maximum absolute atomic E-state index is 2.43. The second-order valence-electron chi connectivity index (χ2n) is 8.33. The fourth-order valence-electron chi connectivity index (χ4n) is 3.46. The van der Waals surface area contributed by atoms with Crippen molar-refractivity contribution in [2.24, 2.45) is 0 Å². The Labute approximate surface area is 167 Å². The fraction of sp³-hybridized carbons (Fsp3) is 1.00. The molecule has 2 nitrogen and oxygen atoms in total. The lowest BCUT2D eigenvalue weighted by molar-refractivity contribution is -0.890. The Morgan fingerprint density at radius 2 is 0.680 bits per heavy atom. The number of unbranched alkanes of at least 4 members (excludes halogenated alkanes) is 14. The largest absolute Gasteiger partial charge is 1.00 e. The van der Waals surface area contributed by atoms with Gasteiger partial charge in [0.1, 0.15) is 0 Å². The number of nitrogens with zero attached hydrogens (tertiary/aromatic N) is 1. The summed E-state index contributed by atoms with van der Waals surface area (Å²) in [6, 6.07) is 0. The molecule has 0 unspecified atom stereocenters. The fourth-order valence-corrected chi connectivity index (χ4v) is 3.46. The van der Waals surface area contributed by atoms with Gasteiger partial charge in [-0.25, -0.2) is 0 Å². The smallest absolute Gasteiger partial charge is 0.0782 e. The van der Waals surface area contributed by atoms with Crippen molar-refractivity contribution in [2.75, 3.05) is 27.2 Å². The van der Waals surface area contributed by atoms with E-state index in [1.807, 2.05) is 0 Å². The van der Waals surface area contributed by atoms with Crippen LogP contribution in [0.25, 0.3) is 0 Å². The van der Waals surface area contributed by atoms with Crippen molar-refractivity contribution in [2.45, 2.75) is 117 Å². The van der Waals surface area contributed by atoms with E-state index in [0.29, 0.717) is 0 Å². The molecule has 3 heteroatoms. The summed E-state index contributed by atoms with van der Waals surface area (Å²) >= 11 is 0. The second-order valence-corrected chi connectivity index (χ2v) is 8.33. The highest BCUT2D eigenvalue weighted by molar-refractivity contribution is 4.48. The van der Waals surface area contributed by atoms with Gasteiger partial charge < -0.3 is 23.0 Å². The Morgan fingerprint density at radius 3 is 0.960 bits per heavy atom. The van der Waals surface area contributed by atoms with Gasteiger partial charge in [0.05, 0.1) is 27.2 Å². The van der Waals surface area contributed by atoms with E-state index in [0.717, 1.165) is 0 Å². The number of halogens is 1. The third-order valence-corrected chi connectivity index (χ3v) is 5.23. The number of hydrogen-bond donors (Lipinski definition) is 1. The zero-order chi connectivity index (χ0) is 17.2. The predicted octanol–water partition coefficient (Wildman–Crippen LogP) is 4.51. The molecule has 0 aromatic heterocycles. The molecule has 0 aliphatic rings. The van der Waals surface area contributed by atoms with Gasteiger partial charge in [0.25, 0.3) is 0 Å². The van der Waals surface area contributed by atoms with Crippen molar-refractivity contribution < 1.29 is 16.9 Å². The van der Waals surface area contributed by atoms with Crippen molar-refractivity contribution in [1.29, 1.82) is 0 Å². The van der Waals surface area contributed by atoms with Crippen molar-refractivity contribution in [1.82, 2.24) is 6.15 Å². The predicted molar refractivity (Wildman–Crippen MR) is 112 cm³/mol. The van der Waals surface area contributed by atoms with Crippen molar-refractivity contribution in [3.63, 3.8) is 0 Å². The number of rotatable bonds is 18. The van der Waals surface area contributed by atoms with Gasteiger partial charge in [-0.2, -0.15) is 0 Å². The third kappa shape index (κ3) is 24.2. The molecule has 0 aliphatic carbocycles. The van der Waals surface area contributed by atoms with E-state index >= 15 is 0 Å². The summed E-state index contributed by atoms with van der Waals surface area (Å²) in [4.78, 5) is 0. The van der Waals surface area contributed by atoms with E-state index in [-0.39, 0.29) is 18.6 Å². The average Bonchev–Trinajstić information content (AvgIpc) is 2.52. The van der Waals surface area contributed by atoms with E-state index in [1.54, 1.807) is 0 Å². The molecular weight excluding hydrogens is 328 g/mol. The van der Waals surface area contributed by atoms with Crippen molar-refractivity contribution in [3.05, 3.63) is 0 Å². The highest BCUT2D eigenvalue weighted by Gasteiger charge is 2.13. The topological polar surface area (TPSA) is 35.0 Å². The van der Waals surface area contributed by atoms with Gasteiger partial charge in [0.2, 0.25) is 0 Å². The molecule has 0 rings (SSSR count). The van der Waals surface area contributed by atoms with E-state index in [1.165, 1.54) is 120 Å². The minimum Gasteiger partial charge on any atom is -1.00 e. The third-order valence-electron chi connectivity index (χ3n) is 5.23. The van der Waals surface area contributed by atoms with Gasteiger partial charge in [-0.15, -0.1) is 0 Å². The first-order valence-electron chi connectivity index (χ1n) is 10.9. The molecule has 0 spiro atoms. The monoisotopic (exact) mass is 378 g/mol. The lowest BCUT2D eigenvalue weighted by atomic mass is 10.1. The van der Waals surface area contributed by atoms with Gasteiger partial charge >= 0.3 is 0 Å². The zero-order valence-electron chi connectivity index (χ0n) is 18.3.